The van der Waals surface area contributed by atoms with Gasteiger partial charge in [-0.25, -0.2) is 0 Å². The number of rotatable bonds is 8. The topological polar surface area (TPSA) is 78.6 Å². The second-order valence-corrected chi connectivity index (χ2v) is 5.93. The van der Waals surface area contributed by atoms with Crippen LogP contribution in [0, 0.1) is 6.92 Å². The number of piperidine rings is 1. The van der Waals surface area contributed by atoms with E-state index in [0.29, 0.717) is 11.7 Å². The van der Waals surface area contributed by atoms with Crippen molar-refractivity contribution in [1.82, 2.24) is 25.7 Å². The first-order valence-electron chi connectivity index (χ1n) is 8.81. The standard InChI is InChI=1S/C16H30N6O/c1-3-17-16(19-10-13-22-11-5-4-6-12-22)18-9-7-8-15-20-14(2)21-23-15/h3-13H2,1-2H3,(H2,17,18,19). The second kappa shape index (κ2) is 10.2. The summed E-state index contributed by atoms with van der Waals surface area (Å²) in [5, 5.41) is 10.5. The first-order chi connectivity index (χ1) is 11.3. The van der Waals surface area contributed by atoms with E-state index in [-0.39, 0.29) is 0 Å². The van der Waals surface area contributed by atoms with Crippen molar-refractivity contribution in [3.8, 4) is 0 Å². The van der Waals surface area contributed by atoms with Gasteiger partial charge < -0.3 is 20.1 Å². The molecule has 1 aliphatic rings. The fourth-order valence-electron chi connectivity index (χ4n) is 2.72. The summed E-state index contributed by atoms with van der Waals surface area (Å²) in [6.07, 6.45) is 5.74. The number of likely N-dealkylation sites (tertiary alicyclic amines) is 1. The van der Waals surface area contributed by atoms with Gasteiger partial charge >= 0.3 is 0 Å². The minimum atomic E-state index is 0.691. The van der Waals surface area contributed by atoms with Crippen LogP contribution in [-0.2, 0) is 6.42 Å². The minimum absolute atomic E-state index is 0.691. The quantitative estimate of drug-likeness (QED) is 0.427. The van der Waals surface area contributed by atoms with Crippen LogP contribution in [-0.4, -0.2) is 60.3 Å². The van der Waals surface area contributed by atoms with Crippen LogP contribution < -0.4 is 10.6 Å². The molecule has 1 saturated heterocycles. The summed E-state index contributed by atoms with van der Waals surface area (Å²) in [4.78, 5) is 11.3. The molecule has 1 fully saturated rings. The third kappa shape index (κ3) is 6.99. The van der Waals surface area contributed by atoms with E-state index < -0.39 is 0 Å². The molecule has 1 aromatic rings. The van der Waals surface area contributed by atoms with Crippen LogP contribution in [0.25, 0.3) is 0 Å². The molecule has 130 valence electrons. The number of nitrogens with zero attached hydrogens (tertiary/aromatic N) is 4. The van der Waals surface area contributed by atoms with Gasteiger partial charge in [0.15, 0.2) is 11.8 Å². The zero-order valence-electron chi connectivity index (χ0n) is 14.5. The molecule has 0 spiro atoms. The fourth-order valence-corrected chi connectivity index (χ4v) is 2.72. The highest BCUT2D eigenvalue weighted by atomic mass is 16.5. The van der Waals surface area contributed by atoms with Crippen LogP contribution in [0.15, 0.2) is 9.52 Å². The molecule has 7 heteroatoms. The van der Waals surface area contributed by atoms with E-state index in [0.717, 1.165) is 45.0 Å². The third-order valence-corrected chi connectivity index (χ3v) is 3.90. The monoisotopic (exact) mass is 322 g/mol. The van der Waals surface area contributed by atoms with Gasteiger partial charge in [0.25, 0.3) is 0 Å². The van der Waals surface area contributed by atoms with Crippen molar-refractivity contribution < 1.29 is 4.52 Å². The summed E-state index contributed by atoms with van der Waals surface area (Å²) >= 11 is 0. The van der Waals surface area contributed by atoms with Crippen LogP contribution in [0.1, 0.15) is 44.3 Å². The van der Waals surface area contributed by atoms with Crippen LogP contribution in [0.4, 0.5) is 0 Å². The molecular weight excluding hydrogens is 292 g/mol. The molecule has 0 bridgehead atoms. The fraction of sp³-hybridized carbons (Fsp3) is 0.812. The van der Waals surface area contributed by atoms with Gasteiger partial charge in [0.05, 0.1) is 0 Å². The Hall–Kier alpha value is -1.63. The third-order valence-electron chi connectivity index (χ3n) is 3.90. The van der Waals surface area contributed by atoms with Gasteiger partial charge in [0.1, 0.15) is 0 Å². The van der Waals surface area contributed by atoms with Gasteiger partial charge in [-0.1, -0.05) is 11.6 Å². The summed E-state index contributed by atoms with van der Waals surface area (Å²) in [5.41, 5.74) is 0. The Morgan fingerprint density at radius 3 is 2.78 bits per heavy atom. The van der Waals surface area contributed by atoms with Gasteiger partial charge in [0.2, 0.25) is 5.89 Å². The van der Waals surface area contributed by atoms with Gasteiger partial charge in [-0.2, -0.15) is 4.98 Å². The minimum Gasteiger partial charge on any atom is -0.357 e. The summed E-state index contributed by atoms with van der Waals surface area (Å²) in [6.45, 7) is 10.0. The molecule has 1 aliphatic heterocycles. The highest BCUT2D eigenvalue weighted by Crippen LogP contribution is 2.07. The van der Waals surface area contributed by atoms with E-state index in [2.05, 4.69) is 37.6 Å². The van der Waals surface area contributed by atoms with Crippen molar-refractivity contribution in [3.05, 3.63) is 11.7 Å². The highest BCUT2D eigenvalue weighted by molar-refractivity contribution is 5.79. The Kier molecular flexibility index (Phi) is 7.86. The zero-order valence-corrected chi connectivity index (χ0v) is 14.5. The molecule has 7 nitrogen and oxygen atoms in total. The zero-order chi connectivity index (χ0) is 16.3. The van der Waals surface area contributed by atoms with E-state index in [9.17, 15) is 0 Å². The molecule has 0 amide bonds. The summed E-state index contributed by atoms with van der Waals surface area (Å²) in [7, 11) is 0. The number of hydrogen-bond acceptors (Lipinski definition) is 5. The maximum atomic E-state index is 5.10. The van der Waals surface area contributed by atoms with Crippen LogP contribution >= 0.6 is 0 Å². The first-order valence-corrected chi connectivity index (χ1v) is 8.81. The van der Waals surface area contributed by atoms with Crippen molar-refractivity contribution in [3.63, 3.8) is 0 Å². The van der Waals surface area contributed by atoms with Gasteiger partial charge in [-0.3, -0.25) is 4.99 Å². The lowest BCUT2D eigenvalue weighted by atomic mass is 10.1. The molecule has 0 saturated carbocycles. The molecule has 2 heterocycles. The summed E-state index contributed by atoms with van der Waals surface area (Å²) < 4.78 is 5.10. The van der Waals surface area contributed by atoms with E-state index in [1.165, 1.54) is 32.4 Å². The number of hydrogen-bond donors (Lipinski definition) is 2. The van der Waals surface area contributed by atoms with E-state index in [1.54, 1.807) is 0 Å². The van der Waals surface area contributed by atoms with Crippen LogP contribution in [0.3, 0.4) is 0 Å². The molecule has 1 aromatic heterocycles. The van der Waals surface area contributed by atoms with Gasteiger partial charge in [0, 0.05) is 32.6 Å². The van der Waals surface area contributed by atoms with Crippen molar-refractivity contribution in [2.24, 2.45) is 4.99 Å². The summed E-state index contributed by atoms with van der Waals surface area (Å²) in [5.74, 6) is 2.28. The average molecular weight is 322 g/mol. The van der Waals surface area contributed by atoms with Gasteiger partial charge in [-0.05, 0) is 46.2 Å². The number of guanidine groups is 1. The number of nitrogens with one attached hydrogen (secondary N) is 2. The van der Waals surface area contributed by atoms with Crippen molar-refractivity contribution in [2.75, 3.05) is 39.3 Å². The predicted molar refractivity (Wildman–Crippen MR) is 91.6 cm³/mol. The molecule has 23 heavy (non-hydrogen) atoms. The Bertz CT molecular complexity index is 467. The molecule has 0 unspecified atom stereocenters. The molecule has 2 N–H and O–H groups in total. The summed E-state index contributed by atoms with van der Waals surface area (Å²) in [6, 6.07) is 0. The Morgan fingerprint density at radius 1 is 1.26 bits per heavy atom. The largest absolute Gasteiger partial charge is 0.357 e. The Morgan fingerprint density at radius 2 is 2.09 bits per heavy atom. The second-order valence-electron chi connectivity index (χ2n) is 5.93. The van der Waals surface area contributed by atoms with E-state index in [4.69, 9.17) is 4.52 Å². The van der Waals surface area contributed by atoms with Crippen LogP contribution in [0.2, 0.25) is 0 Å². The van der Waals surface area contributed by atoms with Crippen molar-refractivity contribution in [1.29, 1.82) is 0 Å². The molecular formula is C16H30N6O. The average Bonchev–Trinajstić information content (AvgIpc) is 2.98. The number of aromatic nitrogens is 2. The first kappa shape index (κ1) is 17.7. The maximum Gasteiger partial charge on any atom is 0.226 e. The predicted octanol–water partition coefficient (Wildman–Crippen LogP) is 1.35. The lowest BCUT2D eigenvalue weighted by molar-refractivity contribution is 0.232. The van der Waals surface area contributed by atoms with E-state index in [1.807, 2.05) is 6.92 Å². The van der Waals surface area contributed by atoms with E-state index >= 15 is 0 Å². The van der Waals surface area contributed by atoms with Crippen LogP contribution in [0.5, 0.6) is 0 Å². The molecule has 0 aliphatic carbocycles. The highest BCUT2D eigenvalue weighted by Gasteiger charge is 2.09. The SMILES string of the molecule is CCNC(=NCCCc1nc(C)no1)NCCN1CCCCC1. The Labute approximate surface area is 138 Å². The number of aliphatic imine (C=N–C) groups is 1. The molecule has 0 radical (unpaired) electrons. The van der Waals surface area contributed by atoms with Crippen molar-refractivity contribution >= 4 is 5.96 Å². The Balaban J connectivity index is 1.64. The normalized spacial score (nSPS) is 16.5. The maximum absolute atomic E-state index is 5.10. The molecule has 2 rings (SSSR count). The molecule has 0 aromatic carbocycles. The molecule has 0 atom stereocenters. The lowest BCUT2D eigenvalue weighted by Gasteiger charge is -2.26. The smallest absolute Gasteiger partial charge is 0.226 e. The lowest BCUT2D eigenvalue weighted by Crippen LogP contribution is -2.42. The van der Waals surface area contributed by atoms with Gasteiger partial charge in [-0.15, -0.1) is 0 Å². The van der Waals surface area contributed by atoms with Crippen molar-refractivity contribution in [2.45, 2.75) is 46.0 Å². The number of aryl methyl sites for hydroxylation is 2.